The number of aryl methyl sites for hydroxylation is 2. The van der Waals surface area contributed by atoms with E-state index in [1.165, 1.54) is 12.1 Å². The molecule has 0 saturated carbocycles. The molecule has 0 aliphatic heterocycles. The Balaban J connectivity index is 1.80. The number of anilines is 3. The van der Waals surface area contributed by atoms with Gasteiger partial charge in [0.15, 0.2) is 0 Å². The molecule has 0 unspecified atom stereocenters. The van der Waals surface area contributed by atoms with Gasteiger partial charge in [0, 0.05) is 31.1 Å². The van der Waals surface area contributed by atoms with Gasteiger partial charge in [-0.1, -0.05) is 0 Å². The van der Waals surface area contributed by atoms with E-state index in [2.05, 4.69) is 32.6 Å². The van der Waals surface area contributed by atoms with E-state index in [1.807, 2.05) is 6.92 Å². The van der Waals surface area contributed by atoms with Crippen LogP contribution in [-0.2, 0) is 7.05 Å². The average molecular weight is 342 g/mol. The monoisotopic (exact) mass is 342 g/mol. The summed E-state index contributed by atoms with van der Waals surface area (Å²) in [4.78, 5) is 8.57. The molecule has 0 aliphatic carbocycles. The number of nitrogens with zero attached hydrogens (tertiary/aromatic N) is 4. The van der Waals surface area contributed by atoms with Crippen LogP contribution < -0.4 is 10.6 Å². The van der Waals surface area contributed by atoms with Crippen molar-refractivity contribution in [1.82, 2.24) is 19.7 Å². The lowest BCUT2D eigenvalue weighted by Crippen LogP contribution is -2.12. The van der Waals surface area contributed by atoms with Crippen LogP contribution in [0.2, 0.25) is 0 Å². The van der Waals surface area contributed by atoms with Crippen molar-refractivity contribution in [2.24, 2.45) is 7.05 Å². The first-order valence-electron chi connectivity index (χ1n) is 7.42. The largest absolute Gasteiger partial charge is 0.357 e. The maximum Gasteiger partial charge on any atom is 0.229 e. The standard InChI is InChI=1S/C17H16F2N6/c1-10-7-20-17(23-15-8-21-25(3)9-15)24-16(10)22-11(2)12-4-13(18)6-14(19)5-12/h4-9H,2H2,1,3H3,(H2,20,22,23,24). The van der Waals surface area contributed by atoms with Crippen LogP contribution in [0.15, 0.2) is 36.8 Å². The summed E-state index contributed by atoms with van der Waals surface area (Å²) in [6, 6.07) is 3.53. The van der Waals surface area contributed by atoms with E-state index < -0.39 is 11.6 Å². The molecule has 0 spiro atoms. The Kier molecular flexibility index (Phi) is 4.60. The Hall–Kier alpha value is -3.03. The average Bonchev–Trinajstić information content (AvgIpc) is 2.94. The Morgan fingerprint density at radius 2 is 1.88 bits per heavy atom. The first kappa shape index (κ1) is 16.8. The van der Waals surface area contributed by atoms with Crippen molar-refractivity contribution in [3.05, 3.63) is 72.5 Å². The molecule has 2 aromatic heterocycles. The second-order valence-electron chi connectivity index (χ2n) is 5.51. The van der Waals surface area contributed by atoms with E-state index in [-0.39, 0.29) is 0 Å². The van der Waals surface area contributed by atoms with Crippen molar-refractivity contribution in [2.75, 3.05) is 10.6 Å². The molecular formula is C17H16F2N6. The normalized spacial score (nSPS) is 11.0. The molecule has 3 rings (SSSR count). The summed E-state index contributed by atoms with van der Waals surface area (Å²) in [6.45, 7) is 5.64. The molecule has 3 aromatic rings. The SMILES string of the molecule is [CH2][C](Nc1nc(Nc2cnn(C)c2)ncc1C)c1cc(F)cc(F)c1. The second-order valence-corrected chi connectivity index (χ2v) is 5.51. The molecule has 0 atom stereocenters. The van der Waals surface area contributed by atoms with Crippen molar-refractivity contribution in [3.63, 3.8) is 0 Å². The highest BCUT2D eigenvalue weighted by Crippen LogP contribution is 2.22. The van der Waals surface area contributed by atoms with Crippen LogP contribution in [0, 0.1) is 31.5 Å². The zero-order chi connectivity index (χ0) is 18.0. The maximum atomic E-state index is 13.4. The number of halogens is 2. The zero-order valence-corrected chi connectivity index (χ0v) is 13.7. The van der Waals surface area contributed by atoms with Gasteiger partial charge in [-0.25, -0.2) is 13.8 Å². The molecule has 8 heteroatoms. The van der Waals surface area contributed by atoms with Crippen molar-refractivity contribution in [3.8, 4) is 0 Å². The summed E-state index contributed by atoms with van der Waals surface area (Å²) >= 11 is 0. The molecule has 0 saturated heterocycles. The second kappa shape index (κ2) is 6.84. The van der Waals surface area contributed by atoms with Gasteiger partial charge in [0.1, 0.15) is 17.5 Å². The van der Waals surface area contributed by atoms with Gasteiger partial charge in [0.25, 0.3) is 0 Å². The number of benzene rings is 1. The van der Waals surface area contributed by atoms with Crippen molar-refractivity contribution >= 4 is 17.5 Å². The summed E-state index contributed by atoms with van der Waals surface area (Å²) in [5.41, 5.74) is 1.80. The predicted octanol–water partition coefficient (Wildman–Crippen LogP) is 3.37. The molecule has 0 aliphatic rings. The van der Waals surface area contributed by atoms with Crippen LogP contribution in [0.5, 0.6) is 0 Å². The maximum absolute atomic E-state index is 13.4. The summed E-state index contributed by atoms with van der Waals surface area (Å²) in [5, 5.41) is 10.1. The quantitative estimate of drug-likeness (QED) is 0.744. The highest BCUT2D eigenvalue weighted by molar-refractivity contribution is 5.57. The van der Waals surface area contributed by atoms with Crippen molar-refractivity contribution < 1.29 is 8.78 Å². The number of nitrogens with one attached hydrogen (secondary N) is 2. The summed E-state index contributed by atoms with van der Waals surface area (Å²) in [7, 11) is 1.80. The molecule has 128 valence electrons. The van der Waals surface area contributed by atoms with Gasteiger partial charge < -0.3 is 10.6 Å². The van der Waals surface area contributed by atoms with Gasteiger partial charge in [0.2, 0.25) is 5.95 Å². The fourth-order valence-corrected chi connectivity index (χ4v) is 2.19. The molecule has 2 heterocycles. The van der Waals surface area contributed by atoms with Gasteiger partial charge in [-0.3, -0.25) is 4.68 Å². The minimum atomic E-state index is -0.670. The molecule has 25 heavy (non-hydrogen) atoms. The molecule has 0 bridgehead atoms. The molecule has 1 aromatic carbocycles. The van der Waals surface area contributed by atoms with Gasteiger partial charge >= 0.3 is 0 Å². The van der Waals surface area contributed by atoms with Crippen LogP contribution in [0.25, 0.3) is 0 Å². The highest BCUT2D eigenvalue weighted by atomic mass is 19.1. The van der Waals surface area contributed by atoms with Crippen molar-refractivity contribution in [2.45, 2.75) is 6.92 Å². The third-order valence-electron chi connectivity index (χ3n) is 3.41. The predicted molar refractivity (Wildman–Crippen MR) is 90.9 cm³/mol. The summed E-state index contributed by atoms with van der Waals surface area (Å²) in [6.07, 6.45) is 5.06. The molecule has 2 radical (unpaired) electrons. The van der Waals surface area contributed by atoms with E-state index in [0.717, 1.165) is 17.3 Å². The first-order chi connectivity index (χ1) is 11.9. The highest BCUT2D eigenvalue weighted by Gasteiger charge is 2.13. The number of aromatic nitrogens is 4. The van der Waals surface area contributed by atoms with Gasteiger partial charge in [0.05, 0.1) is 17.9 Å². The zero-order valence-electron chi connectivity index (χ0n) is 13.7. The molecular weight excluding hydrogens is 326 g/mol. The fraction of sp³-hybridized carbons (Fsp3) is 0.118. The van der Waals surface area contributed by atoms with E-state index in [0.29, 0.717) is 23.4 Å². The van der Waals surface area contributed by atoms with Crippen LogP contribution in [0.4, 0.5) is 26.2 Å². The van der Waals surface area contributed by atoms with E-state index in [9.17, 15) is 8.78 Å². The van der Waals surface area contributed by atoms with Crippen LogP contribution in [0.1, 0.15) is 11.1 Å². The van der Waals surface area contributed by atoms with E-state index >= 15 is 0 Å². The fourth-order valence-electron chi connectivity index (χ4n) is 2.19. The minimum absolute atomic E-state index is 0.303. The lowest BCUT2D eigenvalue weighted by Gasteiger charge is -2.16. The molecule has 0 fully saturated rings. The third-order valence-corrected chi connectivity index (χ3v) is 3.41. The number of rotatable bonds is 5. The van der Waals surface area contributed by atoms with Gasteiger partial charge in [-0.05, 0) is 31.5 Å². The molecule has 0 amide bonds. The summed E-state index contributed by atoms with van der Waals surface area (Å²) < 4.78 is 28.4. The van der Waals surface area contributed by atoms with Crippen LogP contribution in [-0.4, -0.2) is 19.7 Å². The van der Waals surface area contributed by atoms with Gasteiger partial charge in [-0.2, -0.15) is 10.1 Å². The molecule has 6 nitrogen and oxygen atoms in total. The van der Waals surface area contributed by atoms with Gasteiger partial charge in [-0.15, -0.1) is 0 Å². The Bertz CT molecular complexity index is 872. The van der Waals surface area contributed by atoms with Crippen LogP contribution in [0.3, 0.4) is 0 Å². The van der Waals surface area contributed by atoms with E-state index in [1.54, 1.807) is 30.3 Å². The minimum Gasteiger partial charge on any atom is -0.357 e. The summed E-state index contributed by atoms with van der Waals surface area (Å²) in [5.74, 6) is -0.497. The smallest absolute Gasteiger partial charge is 0.229 e. The molecule has 2 N–H and O–H groups in total. The van der Waals surface area contributed by atoms with Crippen LogP contribution >= 0.6 is 0 Å². The Morgan fingerprint density at radius 1 is 1.16 bits per heavy atom. The van der Waals surface area contributed by atoms with E-state index in [4.69, 9.17) is 0 Å². The first-order valence-corrected chi connectivity index (χ1v) is 7.42. The Labute approximate surface area is 143 Å². The van der Waals surface area contributed by atoms with Crippen molar-refractivity contribution in [1.29, 1.82) is 0 Å². The lowest BCUT2D eigenvalue weighted by atomic mass is 10.1. The number of hydrogen-bond donors (Lipinski definition) is 2. The lowest BCUT2D eigenvalue weighted by molar-refractivity contribution is 0.581. The third kappa shape index (κ3) is 4.09. The Morgan fingerprint density at radius 3 is 2.52 bits per heavy atom. The number of hydrogen-bond acceptors (Lipinski definition) is 5. The topological polar surface area (TPSA) is 67.7 Å².